The molecule has 0 aliphatic carbocycles. The van der Waals surface area contributed by atoms with Crippen LogP contribution in [0, 0.1) is 0 Å². The van der Waals surface area contributed by atoms with Gasteiger partial charge in [-0.2, -0.15) is 0 Å². The predicted molar refractivity (Wildman–Crippen MR) is 60.7 cm³/mol. The maximum atomic E-state index is 10.9. The highest BCUT2D eigenvalue weighted by atomic mass is 16.5. The van der Waals surface area contributed by atoms with Crippen LogP contribution in [0.25, 0.3) is 0 Å². The summed E-state index contributed by atoms with van der Waals surface area (Å²) in [5.74, 6) is -0.188. The van der Waals surface area contributed by atoms with E-state index in [0.29, 0.717) is 13.0 Å². The van der Waals surface area contributed by atoms with Crippen LogP contribution in [0.4, 0.5) is 0 Å². The molecule has 0 amide bonds. The van der Waals surface area contributed by atoms with E-state index in [2.05, 4.69) is 13.5 Å². The molecule has 0 saturated carbocycles. The topological polar surface area (TPSA) is 35.5 Å². The maximum absolute atomic E-state index is 10.9. The van der Waals surface area contributed by atoms with E-state index in [-0.39, 0.29) is 5.97 Å². The zero-order valence-corrected chi connectivity index (χ0v) is 9.67. The first kappa shape index (κ1) is 14.2. The van der Waals surface area contributed by atoms with Gasteiger partial charge < -0.3 is 9.47 Å². The highest BCUT2D eigenvalue weighted by Crippen LogP contribution is 1.98. The lowest BCUT2D eigenvalue weighted by atomic mass is 10.2. The van der Waals surface area contributed by atoms with Gasteiger partial charge in [-0.25, -0.2) is 0 Å². The van der Waals surface area contributed by atoms with Gasteiger partial charge in [0.2, 0.25) is 0 Å². The fourth-order valence-corrected chi connectivity index (χ4v) is 1.09. The third-order valence-corrected chi connectivity index (χ3v) is 1.86. The maximum Gasteiger partial charge on any atom is 0.309 e. The van der Waals surface area contributed by atoms with Crippen molar-refractivity contribution in [3.63, 3.8) is 0 Å². The molecule has 88 valence electrons. The van der Waals surface area contributed by atoms with Crippen LogP contribution < -0.4 is 0 Å². The summed E-state index contributed by atoms with van der Waals surface area (Å²) in [5, 5.41) is 0. The van der Waals surface area contributed by atoms with Gasteiger partial charge in [-0.05, 0) is 25.7 Å². The minimum Gasteiger partial charge on any atom is -0.465 e. The molecule has 3 heteroatoms. The Hall–Kier alpha value is -0.830. The minimum absolute atomic E-state index is 0.188. The molecule has 0 aromatic carbocycles. The Bertz CT molecular complexity index is 166. The second-order valence-corrected chi connectivity index (χ2v) is 3.39. The third kappa shape index (κ3) is 11.1. The van der Waals surface area contributed by atoms with E-state index in [9.17, 15) is 4.79 Å². The van der Waals surface area contributed by atoms with Crippen molar-refractivity contribution < 1.29 is 14.3 Å². The molecule has 0 rings (SSSR count). The van der Waals surface area contributed by atoms with Crippen LogP contribution >= 0.6 is 0 Å². The van der Waals surface area contributed by atoms with Crippen molar-refractivity contribution >= 4 is 5.97 Å². The molecular weight excluding hydrogens is 192 g/mol. The highest BCUT2D eigenvalue weighted by molar-refractivity contribution is 5.70. The van der Waals surface area contributed by atoms with E-state index >= 15 is 0 Å². The third-order valence-electron chi connectivity index (χ3n) is 1.86. The van der Waals surface area contributed by atoms with Crippen molar-refractivity contribution in [3.8, 4) is 0 Å². The number of carbonyl (C=O) groups excluding carboxylic acids is 1. The average Bonchev–Trinajstić information content (AvgIpc) is 2.22. The smallest absolute Gasteiger partial charge is 0.309 e. The number of ether oxygens (including phenoxy) is 2. The molecular formula is C12H22O3. The Labute approximate surface area is 92.5 Å². The van der Waals surface area contributed by atoms with Crippen LogP contribution in [0.1, 0.15) is 39.0 Å². The molecule has 0 spiro atoms. The molecule has 0 heterocycles. The zero-order valence-electron chi connectivity index (χ0n) is 9.67. The zero-order chi connectivity index (χ0) is 11.4. The molecule has 0 aromatic rings. The summed E-state index contributed by atoms with van der Waals surface area (Å²) in [6.45, 7) is 7.74. The molecule has 0 atom stereocenters. The summed E-state index contributed by atoms with van der Waals surface area (Å²) in [6.07, 6.45) is 5.93. The van der Waals surface area contributed by atoms with Gasteiger partial charge in [-0.1, -0.05) is 13.0 Å². The fraction of sp³-hybridized carbons (Fsp3) is 0.750. The molecule has 0 radical (unpaired) electrons. The van der Waals surface area contributed by atoms with Crippen molar-refractivity contribution in [2.45, 2.75) is 39.0 Å². The molecule has 0 aliphatic rings. The standard InChI is InChI=1S/C12H22O3/c1-3-8-12(13)15-11-7-5-6-10-14-9-4-2/h3H,1,4-11H2,2H3. The fourth-order valence-electron chi connectivity index (χ4n) is 1.09. The second-order valence-electron chi connectivity index (χ2n) is 3.39. The summed E-state index contributed by atoms with van der Waals surface area (Å²) in [4.78, 5) is 10.9. The van der Waals surface area contributed by atoms with Crippen LogP contribution in [0.5, 0.6) is 0 Å². The van der Waals surface area contributed by atoms with Crippen LogP contribution in [-0.4, -0.2) is 25.8 Å². The number of unbranched alkanes of at least 4 members (excludes halogenated alkanes) is 2. The highest BCUT2D eigenvalue weighted by Gasteiger charge is 1.98. The van der Waals surface area contributed by atoms with Gasteiger partial charge in [0.25, 0.3) is 0 Å². The summed E-state index contributed by atoms with van der Waals surface area (Å²) < 4.78 is 10.3. The second kappa shape index (κ2) is 11.2. The van der Waals surface area contributed by atoms with E-state index in [4.69, 9.17) is 9.47 Å². The van der Waals surface area contributed by atoms with Gasteiger partial charge in [0.05, 0.1) is 13.0 Å². The van der Waals surface area contributed by atoms with Crippen molar-refractivity contribution in [3.05, 3.63) is 12.7 Å². The van der Waals surface area contributed by atoms with E-state index in [1.807, 2.05) is 0 Å². The normalized spacial score (nSPS) is 9.93. The van der Waals surface area contributed by atoms with Gasteiger partial charge in [0.1, 0.15) is 0 Å². The Kier molecular flexibility index (Phi) is 10.6. The Morgan fingerprint density at radius 2 is 1.93 bits per heavy atom. The quantitative estimate of drug-likeness (QED) is 0.318. The predicted octanol–water partition coefficient (Wildman–Crippen LogP) is 2.70. The van der Waals surface area contributed by atoms with Crippen molar-refractivity contribution in [1.29, 1.82) is 0 Å². The average molecular weight is 214 g/mol. The summed E-state index contributed by atoms with van der Waals surface area (Å²) >= 11 is 0. The van der Waals surface area contributed by atoms with Gasteiger partial charge in [0.15, 0.2) is 0 Å². The molecule has 0 aromatic heterocycles. The van der Waals surface area contributed by atoms with Gasteiger partial charge in [-0.3, -0.25) is 4.79 Å². The molecule has 0 unspecified atom stereocenters. The minimum atomic E-state index is -0.188. The first-order valence-electron chi connectivity index (χ1n) is 5.65. The lowest BCUT2D eigenvalue weighted by Gasteiger charge is -2.04. The Morgan fingerprint density at radius 3 is 2.60 bits per heavy atom. The summed E-state index contributed by atoms with van der Waals surface area (Å²) in [7, 11) is 0. The molecule has 0 saturated heterocycles. The molecule has 3 nitrogen and oxygen atoms in total. The summed E-state index contributed by atoms with van der Waals surface area (Å²) in [5.41, 5.74) is 0. The monoisotopic (exact) mass is 214 g/mol. The van der Waals surface area contributed by atoms with Crippen LogP contribution in [0.2, 0.25) is 0 Å². The van der Waals surface area contributed by atoms with Crippen molar-refractivity contribution in [2.75, 3.05) is 19.8 Å². The van der Waals surface area contributed by atoms with Crippen LogP contribution in [0.3, 0.4) is 0 Å². The van der Waals surface area contributed by atoms with Crippen molar-refractivity contribution in [2.24, 2.45) is 0 Å². The molecule has 0 fully saturated rings. The first-order chi connectivity index (χ1) is 7.31. The first-order valence-corrected chi connectivity index (χ1v) is 5.65. The molecule has 0 aliphatic heterocycles. The summed E-state index contributed by atoms with van der Waals surface area (Å²) in [6, 6.07) is 0. The van der Waals surface area contributed by atoms with Gasteiger partial charge in [0, 0.05) is 13.2 Å². The molecule has 0 N–H and O–H groups in total. The largest absolute Gasteiger partial charge is 0.465 e. The molecule has 0 bridgehead atoms. The lowest BCUT2D eigenvalue weighted by molar-refractivity contribution is -0.142. The van der Waals surface area contributed by atoms with Crippen LogP contribution in [0.15, 0.2) is 12.7 Å². The van der Waals surface area contributed by atoms with E-state index < -0.39 is 0 Å². The number of hydrogen-bond acceptors (Lipinski definition) is 3. The number of rotatable bonds is 10. The number of hydrogen-bond donors (Lipinski definition) is 0. The SMILES string of the molecule is C=CCC(=O)OCCCCCOCCC. The number of esters is 1. The van der Waals surface area contributed by atoms with Gasteiger partial charge >= 0.3 is 5.97 Å². The van der Waals surface area contributed by atoms with Crippen molar-refractivity contribution in [1.82, 2.24) is 0 Å². The lowest BCUT2D eigenvalue weighted by Crippen LogP contribution is -2.04. The van der Waals surface area contributed by atoms with Gasteiger partial charge in [-0.15, -0.1) is 6.58 Å². The van der Waals surface area contributed by atoms with E-state index in [0.717, 1.165) is 38.9 Å². The van der Waals surface area contributed by atoms with E-state index in [1.165, 1.54) is 0 Å². The Balaban J connectivity index is 3.04. The Morgan fingerprint density at radius 1 is 1.20 bits per heavy atom. The van der Waals surface area contributed by atoms with E-state index in [1.54, 1.807) is 6.08 Å². The molecule has 15 heavy (non-hydrogen) atoms. The van der Waals surface area contributed by atoms with Crippen LogP contribution in [-0.2, 0) is 14.3 Å². The number of carbonyl (C=O) groups is 1.